The van der Waals surface area contributed by atoms with Gasteiger partial charge in [0, 0.05) is 23.1 Å². The van der Waals surface area contributed by atoms with Gasteiger partial charge in [-0.15, -0.1) is 23.5 Å². The molecular weight excluding hydrogens is 356 g/mol. The summed E-state index contributed by atoms with van der Waals surface area (Å²) < 4.78 is 10.3. The number of carbonyl (C=O) groups is 1. The Hall–Kier alpha value is -1.05. The third-order valence-electron chi connectivity index (χ3n) is 3.28. The summed E-state index contributed by atoms with van der Waals surface area (Å²) in [6.07, 6.45) is 1.93. The van der Waals surface area contributed by atoms with E-state index in [4.69, 9.17) is 21.1 Å². The molecule has 126 valence electrons. The molecule has 1 saturated heterocycles. The molecule has 1 heterocycles. The van der Waals surface area contributed by atoms with Crippen molar-refractivity contribution < 1.29 is 14.3 Å². The summed E-state index contributed by atoms with van der Waals surface area (Å²) in [5.74, 6) is 3.15. The maximum absolute atomic E-state index is 12.0. The predicted molar refractivity (Wildman–Crippen MR) is 98.2 cm³/mol. The van der Waals surface area contributed by atoms with E-state index in [1.165, 1.54) is 6.21 Å². The predicted octanol–water partition coefficient (Wildman–Crippen LogP) is 3.39. The Morgan fingerprint density at radius 2 is 1.96 bits per heavy atom. The van der Waals surface area contributed by atoms with E-state index < -0.39 is 0 Å². The first-order chi connectivity index (χ1) is 11.0. The Balaban J connectivity index is 1.98. The van der Waals surface area contributed by atoms with Crippen LogP contribution in [0.25, 0.3) is 0 Å². The van der Waals surface area contributed by atoms with Crippen molar-refractivity contribution in [2.75, 3.05) is 25.7 Å². The zero-order valence-corrected chi connectivity index (χ0v) is 15.6. The van der Waals surface area contributed by atoms with Crippen LogP contribution in [0, 0.1) is 0 Å². The first kappa shape index (κ1) is 18.3. The maximum atomic E-state index is 12.0. The number of thioether (sulfide) groups is 2. The number of rotatable bonds is 6. The van der Waals surface area contributed by atoms with Gasteiger partial charge in [0.1, 0.15) is 0 Å². The number of nitrogens with one attached hydrogen (secondary N) is 1. The summed E-state index contributed by atoms with van der Waals surface area (Å²) in [5, 5.41) is 4.45. The number of methoxy groups -OCH3 is 2. The quantitative estimate of drug-likeness (QED) is 0.611. The first-order valence-corrected chi connectivity index (χ1v) is 9.33. The van der Waals surface area contributed by atoms with Crippen molar-refractivity contribution in [2.24, 2.45) is 5.10 Å². The summed E-state index contributed by atoms with van der Waals surface area (Å²) >= 11 is 9.79. The minimum atomic E-state index is -0.109. The van der Waals surface area contributed by atoms with Gasteiger partial charge in [-0.05, 0) is 13.0 Å². The van der Waals surface area contributed by atoms with Crippen LogP contribution >= 0.6 is 35.1 Å². The standard InChI is InChI=1S/C15H19ClN2O3S2/c1-15(22-4-5-23-15)8-14(19)18-17-9-10-6-12(20-2)13(21-3)7-11(10)16/h6-7,9H,4-5,8H2,1-3H3,(H,18,19)/b17-9-. The van der Waals surface area contributed by atoms with Crippen molar-refractivity contribution in [1.82, 2.24) is 5.43 Å². The molecule has 23 heavy (non-hydrogen) atoms. The van der Waals surface area contributed by atoms with Gasteiger partial charge < -0.3 is 9.47 Å². The number of ether oxygens (including phenoxy) is 2. The highest BCUT2D eigenvalue weighted by molar-refractivity contribution is 8.21. The SMILES string of the molecule is COc1cc(Cl)c(/C=N\NC(=O)CC2(C)SCCS2)cc1OC. The molecule has 2 rings (SSSR count). The lowest BCUT2D eigenvalue weighted by atomic mass is 10.2. The largest absolute Gasteiger partial charge is 0.493 e. The third kappa shape index (κ3) is 4.96. The highest BCUT2D eigenvalue weighted by Gasteiger charge is 2.32. The monoisotopic (exact) mass is 374 g/mol. The molecule has 1 fully saturated rings. The normalized spacial score (nSPS) is 16.5. The maximum Gasteiger partial charge on any atom is 0.242 e. The molecule has 1 aromatic carbocycles. The number of carbonyl (C=O) groups excluding carboxylic acids is 1. The lowest BCUT2D eigenvalue weighted by Crippen LogP contribution is -2.26. The van der Waals surface area contributed by atoms with Gasteiger partial charge >= 0.3 is 0 Å². The van der Waals surface area contributed by atoms with E-state index in [1.54, 1.807) is 26.4 Å². The number of hydrogen-bond acceptors (Lipinski definition) is 6. The zero-order valence-electron chi connectivity index (χ0n) is 13.2. The fraction of sp³-hybridized carbons (Fsp3) is 0.467. The van der Waals surface area contributed by atoms with E-state index in [9.17, 15) is 4.79 Å². The van der Waals surface area contributed by atoms with Crippen LogP contribution in [0.1, 0.15) is 18.9 Å². The van der Waals surface area contributed by atoms with Gasteiger partial charge in [0.25, 0.3) is 0 Å². The highest BCUT2D eigenvalue weighted by atomic mass is 35.5. The van der Waals surface area contributed by atoms with Gasteiger partial charge in [0.05, 0.1) is 36.0 Å². The minimum Gasteiger partial charge on any atom is -0.493 e. The van der Waals surface area contributed by atoms with Gasteiger partial charge in [-0.1, -0.05) is 11.6 Å². The Labute approximate surface area is 149 Å². The van der Waals surface area contributed by atoms with E-state index in [0.29, 0.717) is 28.5 Å². The van der Waals surface area contributed by atoms with Crippen LogP contribution in [0.4, 0.5) is 0 Å². The van der Waals surface area contributed by atoms with Crippen molar-refractivity contribution in [2.45, 2.75) is 17.4 Å². The second kappa shape index (κ2) is 8.17. The molecule has 1 aromatic rings. The van der Waals surface area contributed by atoms with Crippen molar-refractivity contribution in [3.05, 3.63) is 22.7 Å². The molecule has 1 aliphatic heterocycles. The summed E-state index contributed by atoms with van der Waals surface area (Å²) in [6.45, 7) is 2.09. The van der Waals surface area contributed by atoms with E-state index in [-0.39, 0.29) is 9.99 Å². The molecule has 0 saturated carbocycles. The number of nitrogens with zero attached hydrogens (tertiary/aromatic N) is 1. The average molecular weight is 375 g/mol. The molecule has 8 heteroatoms. The van der Waals surface area contributed by atoms with Crippen LogP contribution in [0.15, 0.2) is 17.2 Å². The number of benzene rings is 1. The molecule has 0 radical (unpaired) electrons. The van der Waals surface area contributed by atoms with Gasteiger partial charge in [-0.3, -0.25) is 4.79 Å². The van der Waals surface area contributed by atoms with Gasteiger partial charge in [0.15, 0.2) is 11.5 Å². The Morgan fingerprint density at radius 1 is 1.35 bits per heavy atom. The first-order valence-electron chi connectivity index (χ1n) is 6.99. The lowest BCUT2D eigenvalue weighted by molar-refractivity contribution is -0.121. The molecule has 0 aliphatic carbocycles. The highest BCUT2D eigenvalue weighted by Crippen LogP contribution is 2.45. The number of hydrazone groups is 1. The second-order valence-corrected chi connectivity index (χ2v) is 8.89. The topological polar surface area (TPSA) is 59.9 Å². The lowest BCUT2D eigenvalue weighted by Gasteiger charge is -2.19. The molecule has 0 spiro atoms. The third-order valence-corrected chi connectivity index (χ3v) is 6.89. The van der Waals surface area contributed by atoms with Crippen LogP contribution in [0.3, 0.4) is 0 Å². The van der Waals surface area contributed by atoms with Gasteiger partial charge in [0.2, 0.25) is 5.91 Å². The van der Waals surface area contributed by atoms with Crippen LogP contribution in [0.2, 0.25) is 5.02 Å². The molecule has 0 aromatic heterocycles. The second-order valence-electron chi connectivity index (χ2n) is 5.03. The van der Waals surface area contributed by atoms with Crippen molar-refractivity contribution in [3.63, 3.8) is 0 Å². The number of amides is 1. The number of hydrogen-bond donors (Lipinski definition) is 1. The van der Waals surface area contributed by atoms with Crippen LogP contribution < -0.4 is 14.9 Å². The zero-order chi connectivity index (χ0) is 16.9. The summed E-state index contributed by atoms with van der Waals surface area (Å²) in [7, 11) is 3.09. The summed E-state index contributed by atoms with van der Waals surface area (Å²) in [5.41, 5.74) is 3.19. The summed E-state index contributed by atoms with van der Waals surface area (Å²) in [6, 6.07) is 3.36. The van der Waals surface area contributed by atoms with Crippen LogP contribution in [-0.2, 0) is 4.79 Å². The van der Waals surface area contributed by atoms with Crippen LogP contribution in [-0.4, -0.2) is 41.9 Å². The molecule has 0 atom stereocenters. The Morgan fingerprint density at radius 3 is 2.57 bits per heavy atom. The van der Waals surface area contributed by atoms with E-state index in [2.05, 4.69) is 17.5 Å². The molecule has 1 N–H and O–H groups in total. The smallest absolute Gasteiger partial charge is 0.242 e. The van der Waals surface area contributed by atoms with Gasteiger partial charge in [-0.25, -0.2) is 5.43 Å². The molecule has 0 bridgehead atoms. The molecule has 1 aliphatic rings. The van der Waals surface area contributed by atoms with E-state index >= 15 is 0 Å². The van der Waals surface area contributed by atoms with E-state index in [1.807, 2.05) is 23.5 Å². The van der Waals surface area contributed by atoms with Crippen molar-refractivity contribution >= 4 is 47.2 Å². The average Bonchev–Trinajstić information content (AvgIpc) is 2.94. The van der Waals surface area contributed by atoms with Crippen molar-refractivity contribution in [3.8, 4) is 11.5 Å². The minimum absolute atomic E-state index is 0.0550. The molecule has 1 amide bonds. The fourth-order valence-corrected chi connectivity index (χ4v) is 5.17. The summed E-state index contributed by atoms with van der Waals surface area (Å²) in [4.78, 5) is 12.0. The number of halogens is 1. The molecule has 0 unspecified atom stereocenters. The van der Waals surface area contributed by atoms with Gasteiger partial charge in [-0.2, -0.15) is 5.10 Å². The molecule has 5 nitrogen and oxygen atoms in total. The Bertz CT molecular complexity index is 605. The fourth-order valence-electron chi connectivity index (χ4n) is 2.13. The van der Waals surface area contributed by atoms with E-state index in [0.717, 1.165) is 11.5 Å². The molecular formula is C15H19ClN2O3S2. The van der Waals surface area contributed by atoms with Crippen molar-refractivity contribution in [1.29, 1.82) is 0 Å². The Kier molecular flexibility index (Phi) is 6.50. The van der Waals surface area contributed by atoms with Crippen LogP contribution in [0.5, 0.6) is 11.5 Å².